The first kappa shape index (κ1) is 12.9. The molecule has 0 aromatic rings. The van der Waals surface area contributed by atoms with E-state index in [0.29, 0.717) is 11.6 Å². The topological polar surface area (TPSA) is 24.5 Å². The molecule has 3 nitrogen and oxygen atoms in total. The molecule has 1 heterocycles. The number of hydrogen-bond acceptors (Lipinski definition) is 3. The van der Waals surface area contributed by atoms with Gasteiger partial charge >= 0.3 is 0 Å². The number of nitrogens with zero attached hydrogens (tertiary/aromatic N) is 1. The summed E-state index contributed by atoms with van der Waals surface area (Å²) in [6, 6.07) is 0.445. The number of nitrogens with one attached hydrogen (secondary N) is 1. The quantitative estimate of drug-likeness (QED) is 0.812. The summed E-state index contributed by atoms with van der Waals surface area (Å²) in [6.45, 7) is 0.884. The third kappa shape index (κ3) is 2.36. The van der Waals surface area contributed by atoms with Crippen LogP contribution < -0.4 is 5.32 Å². The smallest absolute Gasteiger partial charge is 0.0876 e. The second-order valence-electron chi connectivity index (χ2n) is 5.59. The zero-order chi connectivity index (χ0) is 12.3. The Balaban J connectivity index is 2.22. The highest BCUT2D eigenvalue weighted by Gasteiger charge is 2.44. The molecule has 98 valence electrons. The molecule has 1 unspecified atom stereocenters. The van der Waals surface area contributed by atoms with Crippen molar-refractivity contribution in [3.63, 3.8) is 0 Å². The highest BCUT2D eigenvalue weighted by molar-refractivity contribution is 5.20. The minimum absolute atomic E-state index is 0.293. The van der Waals surface area contributed by atoms with Gasteiger partial charge in [0.2, 0.25) is 0 Å². The van der Waals surface area contributed by atoms with Crippen LogP contribution >= 0.6 is 0 Å². The molecule has 1 atom stereocenters. The molecule has 1 aliphatic heterocycles. The molecular weight excluding hydrogens is 212 g/mol. The third-order valence-corrected chi connectivity index (χ3v) is 4.52. The predicted molar refractivity (Wildman–Crippen MR) is 71.0 cm³/mol. The van der Waals surface area contributed by atoms with Crippen LogP contribution in [0.25, 0.3) is 0 Å². The van der Waals surface area contributed by atoms with Crippen molar-refractivity contribution in [3.8, 4) is 0 Å². The van der Waals surface area contributed by atoms with E-state index in [9.17, 15) is 0 Å². The van der Waals surface area contributed by atoms with Crippen LogP contribution in [-0.2, 0) is 4.74 Å². The van der Waals surface area contributed by atoms with Crippen molar-refractivity contribution >= 4 is 0 Å². The Morgan fingerprint density at radius 1 is 1.29 bits per heavy atom. The van der Waals surface area contributed by atoms with Gasteiger partial charge in [-0.05, 0) is 52.4 Å². The lowest BCUT2D eigenvalue weighted by molar-refractivity contribution is 0.114. The lowest BCUT2D eigenvalue weighted by Crippen LogP contribution is -2.57. The van der Waals surface area contributed by atoms with Crippen molar-refractivity contribution in [2.24, 2.45) is 0 Å². The van der Waals surface area contributed by atoms with E-state index in [2.05, 4.69) is 31.4 Å². The van der Waals surface area contributed by atoms with Crippen molar-refractivity contribution in [2.45, 2.75) is 50.1 Å². The first-order valence-electron chi connectivity index (χ1n) is 6.86. The van der Waals surface area contributed by atoms with Crippen LogP contribution in [0.1, 0.15) is 38.5 Å². The maximum Gasteiger partial charge on any atom is 0.0876 e. The number of rotatable bonds is 4. The molecule has 3 heteroatoms. The predicted octanol–water partition coefficient (Wildman–Crippen LogP) is 2.14. The van der Waals surface area contributed by atoms with Gasteiger partial charge in [-0.3, -0.25) is 0 Å². The molecule has 0 aromatic heterocycles. The van der Waals surface area contributed by atoms with Crippen LogP contribution in [0.5, 0.6) is 0 Å². The molecule has 1 N–H and O–H groups in total. The lowest BCUT2D eigenvalue weighted by Gasteiger charge is -2.44. The summed E-state index contributed by atoms with van der Waals surface area (Å²) < 4.78 is 5.53. The van der Waals surface area contributed by atoms with Crippen LogP contribution in [0, 0.1) is 0 Å². The molecule has 1 fully saturated rings. The van der Waals surface area contributed by atoms with Crippen LogP contribution in [0.3, 0.4) is 0 Å². The largest absolute Gasteiger partial charge is 0.501 e. The maximum atomic E-state index is 5.53. The summed E-state index contributed by atoms with van der Waals surface area (Å²) in [5.41, 5.74) is 1.75. The highest BCUT2D eigenvalue weighted by Crippen LogP contribution is 2.40. The standard InChI is InChI=1S/C14H26N2O/c1-15-13(12-7-6-10-17-11-12)14(16(2)3)8-4-5-9-14/h11,13,15H,4-10H2,1-3H3. The fourth-order valence-corrected chi connectivity index (χ4v) is 3.58. The second kappa shape index (κ2) is 5.40. The van der Waals surface area contributed by atoms with Gasteiger partial charge in [-0.15, -0.1) is 0 Å². The third-order valence-electron chi connectivity index (χ3n) is 4.52. The molecule has 1 aliphatic carbocycles. The molecule has 0 aromatic carbocycles. The fraction of sp³-hybridized carbons (Fsp3) is 0.857. The van der Waals surface area contributed by atoms with Crippen molar-refractivity contribution < 1.29 is 4.74 Å². The summed E-state index contributed by atoms with van der Waals surface area (Å²) in [5, 5.41) is 3.55. The van der Waals surface area contributed by atoms with E-state index in [1.807, 2.05) is 6.26 Å². The van der Waals surface area contributed by atoms with E-state index in [1.54, 1.807) is 0 Å². The maximum absolute atomic E-state index is 5.53. The zero-order valence-corrected chi connectivity index (χ0v) is 11.5. The van der Waals surface area contributed by atoms with Gasteiger partial charge in [0.25, 0.3) is 0 Å². The highest BCUT2D eigenvalue weighted by atomic mass is 16.5. The minimum atomic E-state index is 0.293. The molecule has 0 bridgehead atoms. The first-order chi connectivity index (χ1) is 8.20. The second-order valence-corrected chi connectivity index (χ2v) is 5.59. The molecule has 2 rings (SSSR count). The Kier molecular flexibility index (Phi) is 4.10. The van der Waals surface area contributed by atoms with Crippen LogP contribution in [0.2, 0.25) is 0 Å². The number of hydrogen-bond donors (Lipinski definition) is 1. The molecule has 2 aliphatic rings. The van der Waals surface area contributed by atoms with Gasteiger partial charge in [-0.2, -0.15) is 0 Å². The Hall–Kier alpha value is -0.540. The Bertz CT molecular complexity index is 280. The van der Waals surface area contributed by atoms with Gasteiger partial charge in [0.05, 0.1) is 12.9 Å². The summed E-state index contributed by atoms with van der Waals surface area (Å²) in [5.74, 6) is 0. The van der Waals surface area contributed by atoms with E-state index in [0.717, 1.165) is 13.0 Å². The monoisotopic (exact) mass is 238 g/mol. The first-order valence-corrected chi connectivity index (χ1v) is 6.86. The van der Waals surface area contributed by atoms with E-state index < -0.39 is 0 Å². The summed E-state index contributed by atoms with van der Waals surface area (Å²) in [4.78, 5) is 2.43. The van der Waals surface area contributed by atoms with Crippen LogP contribution in [0.4, 0.5) is 0 Å². The molecule has 0 amide bonds. The van der Waals surface area contributed by atoms with E-state index >= 15 is 0 Å². The Morgan fingerprint density at radius 2 is 2.00 bits per heavy atom. The normalized spacial score (nSPS) is 25.5. The van der Waals surface area contributed by atoms with Crippen LogP contribution in [0.15, 0.2) is 11.8 Å². The van der Waals surface area contributed by atoms with Crippen molar-refractivity contribution in [3.05, 3.63) is 11.8 Å². The van der Waals surface area contributed by atoms with Gasteiger partial charge in [-0.1, -0.05) is 12.8 Å². The van der Waals surface area contributed by atoms with Crippen molar-refractivity contribution in [1.82, 2.24) is 10.2 Å². The number of likely N-dealkylation sites (N-methyl/N-ethyl adjacent to an activating group) is 2. The van der Waals surface area contributed by atoms with Crippen molar-refractivity contribution in [1.29, 1.82) is 0 Å². The van der Waals surface area contributed by atoms with Gasteiger partial charge in [0.1, 0.15) is 0 Å². The Labute approximate surface area is 105 Å². The van der Waals surface area contributed by atoms with E-state index in [4.69, 9.17) is 4.74 Å². The van der Waals surface area contributed by atoms with E-state index in [-0.39, 0.29) is 0 Å². The van der Waals surface area contributed by atoms with Gasteiger partial charge < -0.3 is 15.0 Å². The minimum Gasteiger partial charge on any atom is -0.501 e. The Morgan fingerprint density at radius 3 is 2.47 bits per heavy atom. The average Bonchev–Trinajstić information content (AvgIpc) is 2.82. The van der Waals surface area contributed by atoms with Gasteiger partial charge in [0, 0.05) is 11.6 Å². The average molecular weight is 238 g/mol. The van der Waals surface area contributed by atoms with E-state index in [1.165, 1.54) is 37.7 Å². The zero-order valence-electron chi connectivity index (χ0n) is 11.5. The lowest BCUT2D eigenvalue weighted by atomic mass is 9.81. The summed E-state index contributed by atoms with van der Waals surface area (Å²) in [6.07, 6.45) is 9.64. The van der Waals surface area contributed by atoms with Crippen LogP contribution in [-0.4, -0.2) is 44.2 Å². The van der Waals surface area contributed by atoms with Crippen molar-refractivity contribution in [2.75, 3.05) is 27.7 Å². The SMILES string of the molecule is CNC(C1=COCCC1)C1(N(C)C)CCCC1. The van der Waals surface area contributed by atoms with Gasteiger partial charge in [-0.25, -0.2) is 0 Å². The molecule has 0 spiro atoms. The molecule has 1 saturated carbocycles. The molecule has 0 saturated heterocycles. The molecular formula is C14H26N2O. The summed E-state index contributed by atoms with van der Waals surface area (Å²) >= 11 is 0. The van der Waals surface area contributed by atoms with Gasteiger partial charge in [0.15, 0.2) is 0 Å². The molecule has 17 heavy (non-hydrogen) atoms. The molecule has 0 radical (unpaired) electrons. The number of ether oxygens (including phenoxy) is 1. The fourth-order valence-electron chi connectivity index (χ4n) is 3.58. The summed E-state index contributed by atoms with van der Waals surface area (Å²) in [7, 11) is 6.53.